The first kappa shape index (κ1) is 19.0. The van der Waals surface area contributed by atoms with E-state index in [9.17, 15) is 9.18 Å². The molecule has 1 amide bonds. The van der Waals surface area contributed by atoms with E-state index >= 15 is 0 Å². The van der Waals surface area contributed by atoms with Crippen molar-refractivity contribution in [2.75, 3.05) is 11.1 Å². The van der Waals surface area contributed by atoms with Crippen molar-refractivity contribution in [1.82, 2.24) is 9.97 Å². The first-order chi connectivity index (χ1) is 14.6. The van der Waals surface area contributed by atoms with Gasteiger partial charge >= 0.3 is 0 Å². The van der Waals surface area contributed by atoms with Gasteiger partial charge in [-0.25, -0.2) is 9.37 Å². The van der Waals surface area contributed by atoms with Gasteiger partial charge in [0, 0.05) is 24.6 Å². The van der Waals surface area contributed by atoms with Crippen LogP contribution in [-0.2, 0) is 4.79 Å². The second-order valence-corrected chi connectivity index (χ2v) is 8.39. The van der Waals surface area contributed by atoms with Gasteiger partial charge in [-0.1, -0.05) is 11.8 Å². The lowest BCUT2D eigenvalue weighted by molar-refractivity contribution is -0.113. The molecule has 30 heavy (non-hydrogen) atoms. The lowest BCUT2D eigenvalue weighted by Gasteiger charge is -2.21. The van der Waals surface area contributed by atoms with E-state index in [0.29, 0.717) is 16.6 Å². The molecule has 2 N–H and O–H groups in total. The standard InChI is InChI=1S/C22H20FN3O3S/c23-15-5-3-14(4-6-15)17-12-24-21(26-17)30-13-20(27)25-16-7-8-18-19(11-16)29-22(28-18)9-1-2-10-22/h3-8,11-12H,1-2,9-10,13H2,(H,24,26)(H,25,27). The average molecular weight is 425 g/mol. The third kappa shape index (κ3) is 3.87. The van der Waals surface area contributed by atoms with Gasteiger partial charge in [-0.05, 0) is 54.8 Å². The Hall–Kier alpha value is -3.00. The van der Waals surface area contributed by atoms with E-state index in [2.05, 4.69) is 15.3 Å². The molecular formula is C22H20FN3O3S. The number of carbonyl (C=O) groups is 1. The quantitative estimate of drug-likeness (QED) is 0.564. The van der Waals surface area contributed by atoms with Crippen LogP contribution in [0.15, 0.2) is 53.8 Å². The molecule has 1 aliphatic heterocycles. The van der Waals surface area contributed by atoms with Crippen molar-refractivity contribution in [3.05, 3.63) is 54.5 Å². The number of hydrogen-bond acceptors (Lipinski definition) is 5. The zero-order valence-corrected chi connectivity index (χ0v) is 16.9. The lowest BCUT2D eigenvalue weighted by atomic mass is 10.2. The molecule has 2 heterocycles. The van der Waals surface area contributed by atoms with Crippen molar-refractivity contribution in [3.8, 4) is 22.8 Å². The van der Waals surface area contributed by atoms with Gasteiger partial charge in [0.25, 0.3) is 5.79 Å². The molecule has 2 aliphatic rings. The summed E-state index contributed by atoms with van der Waals surface area (Å²) in [6.45, 7) is 0. The molecular weight excluding hydrogens is 405 g/mol. The van der Waals surface area contributed by atoms with Gasteiger partial charge in [0.2, 0.25) is 5.91 Å². The molecule has 0 unspecified atom stereocenters. The van der Waals surface area contributed by atoms with Crippen LogP contribution < -0.4 is 14.8 Å². The normalized spacial score (nSPS) is 16.2. The van der Waals surface area contributed by atoms with Gasteiger partial charge in [0.1, 0.15) is 5.82 Å². The number of nitrogens with zero attached hydrogens (tertiary/aromatic N) is 1. The number of carbonyl (C=O) groups excluding carboxylic acids is 1. The van der Waals surface area contributed by atoms with Crippen molar-refractivity contribution in [2.45, 2.75) is 36.6 Å². The zero-order valence-electron chi connectivity index (χ0n) is 16.1. The Morgan fingerprint density at radius 3 is 2.70 bits per heavy atom. The molecule has 0 atom stereocenters. The van der Waals surface area contributed by atoms with E-state index in [1.54, 1.807) is 18.3 Å². The molecule has 1 fully saturated rings. The number of anilines is 1. The van der Waals surface area contributed by atoms with Crippen LogP contribution in [-0.4, -0.2) is 27.4 Å². The van der Waals surface area contributed by atoms with Crippen LogP contribution in [0, 0.1) is 5.82 Å². The highest BCUT2D eigenvalue weighted by atomic mass is 32.2. The molecule has 1 aromatic heterocycles. The first-order valence-electron chi connectivity index (χ1n) is 9.84. The van der Waals surface area contributed by atoms with Crippen LogP contribution in [0.5, 0.6) is 11.5 Å². The summed E-state index contributed by atoms with van der Waals surface area (Å²) in [5.74, 6) is 0.669. The van der Waals surface area contributed by atoms with E-state index in [-0.39, 0.29) is 17.5 Å². The molecule has 2 aromatic carbocycles. The molecule has 1 spiro atoms. The van der Waals surface area contributed by atoms with Gasteiger partial charge in [0.15, 0.2) is 16.7 Å². The number of ether oxygens (including phenoxy) is 2. The van der Waals surface area contributed by atoms with Crippen LogP contribution >= 0.6 is 11.8 Å². The topological polar surface area (TPSA) is 76.2 Å². The summed E-state index contributed by atoms with van der Waals surface area (Å²) in [4.78, 5) is 19.8. The van der Waals surface area contributed by atoms with Crippen LogP contribution in [0.25, 0.3) is 11.3 Å². The van der Waals surface area contributed by atoms with E-state index in [1.807, 2.05) is 18.2 Å². The summed E-state index contributed by atoms with van der Waals surface area (Å²) >= 11 is 1.30. The fourth-order valence-corrected chi connectivity index (χ4v) is 4.42. The van der Waals surface area contributed by atoms with Crippen molar-refractivity contribution in [3.63, 3.8) is 0 Å². The Morgan fingerprint density at radius 2 is 1.90 bits per heavy atom. The van der Waals surface area contributed by atoms with Crippen LogP contribution in [0.3, 0.4) is 0 Å². The van der Waals surface area contributed by atoms with E-state index in [0.717, 1.165) is 42.7 Å². The molecule has 0 saturated heterocycles. The highest BCUT2D eigenvalue weighted by Crippen LogP contribution is 2.47. The number of nitrogens with one attached hydrogen (secondary N) is 2. The molecule has 0 bridgehead atoms. The predicted molar refractivity (Wildman–Crippen MR) is 112 cm³/mol. The number of benzene rings is 2. The minimum Gasteiger partial charge on any atom is -0.448 e. The Morgan fingerprint density at radius 1 is 1.13 bits per heavy atom. The third-order valence-corrected chi connectivity index (χ3v) is 6.12. The van der Waals surface area contributed by atoms with E-state index in [1.165, 1.54) is 23.9 Å². The number of aromatic nitrogens is 2. The Balaban J connectivity index is 1.17. The minimum absolute atomic E-state index is 0.144. The number of hydrogen-bond donors (Lipinski definition) is 2. The largest absolute Gasteiger partial charge is 0.448 e. The molecule has 3 aromatic rings. The maximum atomic E-state index is 13.1. The van der Waals surface area contributed by atoms with Crippen molar-refractivity contribution >= 4 is 23.4 Å². The highest BCUT2D eigenvalue weighted by Gasteiger charge is 2.44. The second kappa shape index (κ2) is 7.68. The number of aromatic amines is 1. The molecule has 5 rings (SSSR count). The Bertz CT molecular complexity index is 1080. The Labute approximate surface area is 177 Å². The van der Waals surface area contributed by atoms with Crippen LogP contribution in [0.2, 0.25) is 0 Å². The number of H-pyrrole nitrogens is 1. The number of rotatable bonds is 5. The molecule has 8 heteroatoms. The van der Waals surface area contributed by atoms with Crippen molar-refractivity contribution in [1.29, 1.82) is 0 Å². The monoisotopic (exact) mass is 425 g/mol. The molecule has 1 aliphatic carbocycles. The van der Waals surface area contributed by atoms with Gasteiger partial charge in [0.05, 0.1) is 17.6 Å². The third-order valence-electron chi connectivity index (χ3n) is 5.23. The number of fused-ring (bicyclic) bond motifs is 1. The number of imidazole rings is 1. The second-order valence-electron chi connectivity index (χ2n) is 7.43. The van der Waals surface area contributed by atoms with Crippen molar-refractivity contribution < 1.29 is 18.7 Å². The molecule has 1 saturated carbocycles. The fourth-order valence-electron chi connectivity index (χ4n) is 3.77. The predicted octanol–water partition coefficient (Wildman–Crippen LogP) is 4.99. The maximum Gasteiger partial charge on any atom is 0.251 e. The summed E-state index contributed by atoms with van der Waals surface area (Å²) in [7, 11) is 0. The SMILES string of the molecule is O=C(CSc1ncc(-c2ccc(F)cc2)[nH]1)Nc1ccc2c(c1)OC1(CCCC1)O2. The maximum absolute atomic E-state index is 13.1. The van der Waals surface area contributed by atoms with E-state index < -0.39 is 5.79 Å². The molecule has 0 radical (unpaired) electrons. The summed E-state index contributed by atoms with van der Waals surface area (Å²) in [6.07, 6.45) is 5.66. The number of thioether (sulfide) groups is 1. The smallest absolute Gasteiger partial charge is 0.251 e. The van der Waals surface area contributed by atoms with Gasteiger partial charge in [-0.3, -0.25) is 4.79 Å². The van der Waals surface area contributed by atoms with Crippen LogP contribution in [0.1, 0.15) is 25.7 Å². The van der Waals surface area contributed by atoms with Gasteiger partial charge in [-0.15, -0.1) is 0 Å². The summed E-state index contributed by atoms with van der Waals surface area (Å²) in [6, 6.07) is 11.6. The minimum atomic E-state index is -0.512. The van der Waals surface area contributed by atoms with Gasteiger partial charge in [-0.2, -0.15) is 0 Å². The summed E-state index contributed by atoms with van der Waals surface area (Å²) in [5, 5.41) is 3.51. The lowest BCUT2D eigenvalue weighted by Crippen LogP contribution is -2.34. The van der Waals surface area contributed by atoms with Crippen LogP contribution in [0.4, 0.5) is 10.1 Å². The van der Waals surface area contributed by atoms with E-state index in [4.69, 9.17) is 9.47 Å². The van der Waals surface area contributed by atoms with Gasteiger partial charge < -0.3 is 19.8 Å². The zero-order chi connectivity index (χ0) is 20.6. The fraction of sp³-hybridized carbons (Fsp3) is 0.273. The van der Waals surface area contributed by atoms with Crippen molar-refractivity contribution in [2.24, 2.45) is 0 Å². The number of halogens is 1. The summed E-state index contributed by atoms with van der Waals surface area (Å²) in [5.41, 5.74) is 2.28. The highest BCUT2D eigenvalue weighted by molar-refractivity contribution is 7.99. The Kier molecular flexibility index (Phi) is 4.86. The first-order valence-corrected chi connectivity index (χ1v) is 10.8. The molecule has 154 valence electrons. The summed E-state index contributed by atoms with van der Waals surface area (Å²) < 4.78 is 25.1. The molecule has 6 nitrogen and oxygen atoms in total. The average Bonchev–Trinajstić information content (AvgIpc) is 3.47. The number of amides is 1.